The number of benzene rings is 2. The average molecular weight is 310 g/mol. The van der Waals surface area contributed by atoms with Gasteiger partial charge in [0.2, 0.25) is 0 Å². The zero-order valence-electron chi connectivity index (χ0n) is 13.8. The number of methoxy groups -OCH3 is 1. The molecule has 3 heteroatoms. The van der Waals surface area contributed by atoms with E-state index in [0.717, 1.165) is 22.4 Å². The maximum absolute atomic E-state index is 12.4. The predicted octanol–water partition coefficient (Wildman–Crippen LogP) is 4.27. The maximum atomic E-state index is 12.4. The highest BCUT2D eigenvalue weighted by Crippen LogP contribution is 2.24. The lowest BCUT2D eigenvalue weighted by molar-refractivity contribution is -0.138. The van der Waals surface area contributed by atoms with E-state index >= 15 is 0 Å². The Morgan fingerprint density at radius 1 is 1.00 bits per heavy atom. The molecule has 0 amide bonds. The number of esters is 1. The van der Waals surface area contributed by atoms with Crippen molar-refractivity contribution in [2.24, 2.45) is 0 Å². The van der Waals surface area contributed by atoms with Gasteiger partial charge < -0.3 is 9.47 Å². The van der Waals surface area contributed by atoms with Crippen LogP contribution in [0.3, 0.4) is 0 Å². The van der Waals surface area contributed by atoms with Gasteiger partial charge in [0.25, 0.3) is 0 Å². The van der Waals surface area contributed by atoms with Crippen LogP contribution in [0.2, 0.25) is 0 Å². The lowest BCUT2D eigenvalue weighted by Crippen LogP contribution is -2.11. The number of hydrogen-bond donors (Lipinski definition) is 0. The molecule has 0 atom stereocenters. The average Bonchev–Trinajstić information content (AvgIpc) is 2.60. The summed E-state index contributed by atoms with van der Waals surface area (Å²) in [6, 6.07) is 17.6. The van der Waals surface area contributed by atoms with Gasteiger partial charge in [-0.05, 0) is 42.7 Å². The van der Waals surface area contributed by atoms with Crippen LogP contribution in [-0.2, 0) is 16.0 Å². The minimum atomic E-state index is -0.260. The van der Waals surface area contributed by atoms with E-state index in [2.05, 4.69) is 0 Å². The summed E-state index contributed by atoms with van der Waals surface area (Å²) in [5.74, 6) is 0.534. The summed E-state index contributed by atoms with van der Waals surface area (Å²) in [4.78, 5) is 12.4. The molecule has 0 N–H and O–H groups in total. The number of ether oxygens (including phenoxy) is 2. The second-order valence-electron chi connectivity index (χ2n) is 5.21. The summed E-state index contributed by atoms with van der Waals surface area (Å²) in [5, 5.41) is 0. The molecule has 2 aromatic carbocycles. The monoisotopic (exact) mass is 310 g/mol. The molecule has 0 saturated heterocycles. The summed E-state index contributed by atoms with van der Waals surface area (Å²) in [6.07, 6.45) is 0.553. The van der Waals surface area contributed by atoms with Crippen molar-refractivity contribution in [3.63, 3.8) is 0 Å². The zero-order valence-corrected chi connectivity index (χ0v) is 13.8. The van der Waals surface area contributed by atoms with Crippen LogP contribution in [0.1, 0.15) is 25.0 Å². The first-order chi connectivity index (χ1) is 11.2. The van der Waals surface area contributed by atoms with Crippen LogP contribution in [0.4, 0.5) is 0 Å². The number of rotatable bonds is 6. The molecule has 0 aliphatic carbocycles. The first-order valence-corrected chi connectivity index (χ1v) is 7.71. The van der Waals surface area contributed by atoms with Crippen molar-refractivity contribution in [3.05, 3.63) is 71.3 Å². The Morgan fingerprint density at radius 2 is 1.65 bits per heavy atom. The van der Waals surface area contributed by atoms with E-state index in [1.54, 1.807) is 7.11 Å². The molecule has 0 aliphatic rings. The Kier molecular flexibility index (Phi) is 5.98. The van der Waals surface area contributed by atoms with Gasteiger partial charge in [0, 0.05) is 12.0 Å². The Balaban J connectivity index is 2.38. The summed E-state index contributed by atoms with van der Waals surface area (Å²) < 4.78 is 10.4. The minimum absolute atomic E-state index is 0.260. The van der Waals surface area contributed by atoms with Gasteiger partial charge in [-0.2, -0.15) is 0 Å². The largest absolute Gasteiger partial charge is 0.497 e. The smallest absolute Gasteiger partial charge is 0.334 e. The van der Waals surface area contributed by atoms with Crippen LogP contribution in [0.5, 0.6) is 5.75 Å². The normalized spacial score (nSPS) is 11.6. The number of allylic oxidation sites excluding steroid dienone is 1. The molecule has 2 aromatic rings. The van der Waals surface area contributed by atoms with Crippen molar-refractivity contribution < 1.29 is 14.3 Å². The Labute approximate surface area is 137 Å². The lowest BCUT2D eigenvalue weighted by Gasteiger charge is -2.12. The molecule has 0 spiro atoms. The molecule has 0 aliphatic heterocycles. The number of carbonyl (C=O) groups excluding carboxylic acids is 1. The fraction of sp³-hybridized carbons (Fsp3) is 0.250. The highest BCUT2D eigenvalue weighted by molar-refractivity contribution is 5.97. The van der Waals surface area contributed by atoms with Gasteiger partial charge in [-0.3, -0.25) is 0 Å². The number of hydrogen-bond acceptors (Lipinski definition) is 3. The fourth-order valence-corrected chi connectivity index (χ4v) is 2.39. The van der Waals surface area contributed by atoms with E-state index in [-0.39, 0.29) is 5.97 Å². The van der Waals surface area contributed by atoms with Crippen molar-refractivity contribution in [2.45, 2.75) is 20.3 Å². The maximum Gasteiger partial charge on any atom is 0.334 e. The van der Waals surface area contributed by atoms with Crippen molar-refractivity contribution in [3.8, 4) is 5.75 Å². The predicted molar refractivity (Wildman–Crippen MR) is 92.4 cm³/mol. The second kappa shape index (κ2) is 8.18. The van der Waals surface area contributed by atoms with Gasteiger partial charge in [0.05, 0.1) is 13.7 Å². The molecular weight excluding hydrogens is 288 g/mol. The summed E-state index contributed by atoms with van der Waals surface area (Å²) in [5.41, 5.74) is 3.69. The van der Waals surface area contributed by atoms with Gasteiger partial charge >= 0.3 is 5.97 Å². The van der Waals surface area contributed by atoms with Crippen LogP contribution in [0, 0.1) is 0 Å². The van der Waals surface area contributed by atoms with Gasteiger partial charge in [-0.15, -0.1) is 0 Å². The van der Waals surface area contributed by atoms with Gasteiger partial charge in [0.1, 0.15) is 5.75 Å². The van der Waals surface area contributed by atoms with Crippen molar-refractivity contribution in [1.29, 1.82) is 0 Å². The van der Waals surface area contributed by atoms with E-state index < -0.39 is 0 Å². The van der Waals surface area contributed by atoms with Crippen molar-refractivity contribution in [2.75, 3.05) is 13.7 Å². The SMILES string of the molecule is CCOC(=O)/C(Cc1ccccc1)=C(\C)c1ccc(OC)cc1. The molecular formula is C20H22O3. The molecule has 0 bridgehead atoms. The summed E-state index contributed by atoms with van der Waals surface area (Å²) in [7, 11) is 1.64. The molecule has 0 radical (unpaired) electrons. The highest BCUT2D eigenvalue weighted by Gasteiger charge is 2.16. The molecule has 2 rings (SSSR count). The van der Waals surface area contributed by atoms with E-state index in [0.29, 0.717) is 18.6 Å². The second-order valence-corrected chi connectivity index (χ2v) is 5.21. The van der Waals surface area contributed by atoms with Crippen molar-refractivity contribution in [1.82, 2.24) is 0 Å². The molecule has 23 heavy (non-hydrogen) atoms. The molecule has 0 heterocycles. The van der Waals surface area contributed by atoms with E-state index in [4.69, 9.17) is 9.47 Å². The fourth-order valence-electron chi connectivity index (χ4n) is 2.39. The van der Waals surface area contributed by atoms with E-state index in [9.17, 15) is 4.79 Å². The third-order valence-electron chi connectivity index (χ3n) is 3.72. The first-order valence-electron chi connectivity index (χ1n) is 7.71. The van der Waals surface area contributed by atoms with Gasteiger partial charge in [-0.25, -0.2) is 4.79 Å². The lowest BCUT2D eigenvalue weighted by atomic mass is 9.96. The Morgan fingerprint density at radius 3 is 2.22 bits per heavy atom. The van der Waals surface area contributed by atoms with Gasteiger partial charge in [-0.1, -0.05) is 42.5 Å². The molecule has 120 valence electrons. The van der Waals surface area contributed by atoms with Crippen LogP contribution < -0.4 is 4.74 Å². The third kappa shape index (κ3) is 4.46. The van der Waals surface area contributed by atoms with Gasteiger partial charge in [0.15, 0.2) is 0 Å². The van der Waals surface area contributed by atoms with Crippen LogP contribution in [-0.4, -0.2) is 19.7 Å². The quantitative estimate of drug-likeness (QED) is 0.590. The Bertz CT molecular complexity index is 670. The third-order valence-corrected chi connectivity index (χ3v) is 3.72. The highest BCUT2D eigenvalue weighted by atomic mass is 16.5. The van der Waals surface area contributed by atoms with E-state index in [1.165, 1.54) is 0 Å². The molecule has 0 unspecified atom stereocenters. The standard InChI is InChI=1S/C20H22O3/c1-4-23-20(21)19(14-16-8-6-5-7-9-16)15(2)17-10-12-18(22-3)13-11-17/h5-13H,4,14H2,1-3H3/b19-15+. The molecule has 0 saturated carbocycles. The van der Waals surface area contributed by atoms with Crippen LogP contribution >= 0.6 is 0 Å². The topological polar surface area (TPSA) is 35.5 Å². The van der Waals surface area contributed by atoms with Crippen LogP contribution in [0.15, 0.2) is 60.2 Å². The zero-order chi connectivity index (χ0) is 16.7. The molecule has 3 nitrogen and oxygen atoms in total. The van der Waals surface area contributed by atoms with Crippen LogP contribution in [0.25, 0.3) is 5.57 Å². The summed E-state index contributed by atoms with van der Waals surface area (Å²) in [6.45, 7) is 4.14. The first kappa shape index (κ1) is 16.8. The minimum Gasteiger partial charge on any atom is -0.497 e. The molecule has 0 fully saturated rings. The Hall–Kier alpha value is -2.55. The summed E-state index contributed by atoms with van der Waals surface area (Å²) >= 11 is 0. The molecule has 0 aromatic heterocycles. The number of carbonyl (C=O) groups is 1. The van der Waals surface area contributed by atoms with Crippen molar-refractivity contribution >= 4 is 11.5 Å². The van der Waals surface area contributed by atoms with E-state index in [1.807, 2.05) is 68.4 Å².